The van der Waals surface area contributed by atoms with Gasteiger partial charge < -0.3 is 5.32 Å². The monoisotopic (exact) mass is 393 g/mol. The zero-order valence-electron chi connectivity index (χ0n) is 12.4. The molecule has 0 saturated heterocycles. The Balaban J connectivity index is 2.28. The quantitative estimate of drug-likeness (QED) is 0.613. The number of hydrogen-bond acceptors (Lipinski definition) is 5. The van der Waals surface area contributed by atoms with Crippen LogP contribution >= 0.6 is 15.9 Å². The lowest BCUT2D eigenvalue weighted by Crippen LogP contribution is -2.26. The highest BCUT2D eigenvalue weighted by Gasteiger charge is 2.21. The molecule has 2 aromatic carbocycles. The van der Waals surface area contributed by atoms with Gasteiger partial charge in [-0.15, -0.1) is 0 Å². The van der Waals surface area contributed by atoms with Crippen LogP contribution in [0.15, 0.2) is 46.9 Å². The van der Waals surface area contributed by atoms with Gasteiger partial charge in [0.2, 0.25) is 0 Å². The Morgan fingerprint density at radius 1 is 1.08 bits per heavy atom. The van der Waals surface area contributed by atoms with E-state index in [4.69, 9.17) is 0 Å². The fourth-order valence-corrected chi connectivity index (χ4v) is 2.49. The molecule has 0 fully saturated rings. The van der Waals surface area contributed by atoms with Gasteiger partial charge in [-0.3, -0.25) is 25.0 Å². The van der Waals surface area contributed by atoms with Gasteiger partial charge in [-0.1, -0.05) is 28.1 Å². The number of nitrogens with zero attached hydrogens (tertiary/aromatic N) is 2. The van der Waals surface area contributed by atoms with E-state index in [1.165, 1.54) is 0 Å². The molecule has 0 aromatic heterocycles. The molecule has 2 aromatic rings. The molecule has 2 rings (SSSR count). The smallest absolute Gasteiger partial charge is 0.277 e. The maximum atomic E-state index is 12.3. The second-order valence-corrected chi connectivity index (χ2v) is 5.92. The van der Waals surface area contributed by atoms with Gasteiger partial charge in [0, 0.05) is 16.6 Å². The second kappa shape index (κ2) is 7.18. The molecule has 1 N–H and O–H groups in total. The number of rotatable bonds is 5. The van der Waals surface area contributed by atoms with Crippen LogP contribution in [0.3, 0.4) is 0 Å². The Hall–Kier alpha value is -2.81. The van der Waals surface area contributed by atoms with Crippen molar-refractivity contribution in [3.8, 4) is 0 Å². The lowest BCUT2D eigenvalue weighted by atomic mass is 10.1. The summed E-state index contributed by atoms with van der Waals surface area (Å²) in [5, 5.41) is 24.4. The summed E-state index contributed by atoms with van der Waals surface area (Å²) in [6, 6.07) is 9.73. The van der Waals surface area contributed by atoms with E-state index in [1.54, 1.807) is 13.0 Å². The fourth-order valence-electron chi connectivity index (χ4n) is 2.08. The van der Waals surface area contributed by atoms with Gasteiger partial charge in [-0.25, -0.2) is 0 Å². The van der Waals surface area contributed by atoms with Crippen LogP contribution in [0.5, 0.6) is 0 Å². The third-order valence-electron chi connectivity index (χ3n) is 3.28. The molecule has 1 amide bonds. The van der Waals surface area contributed by atoms with Crippen molar-refractivity contribution in [3.63, 3.8) is 0 Å². The molecule has 9 heteroatoms. The average Bonchev–Trinajstić information content (AvgIpc) is 2.54. The fraction of sp³-hybridized carbons (Fsp3) is 0.133. The van der Waals surface area contributed by atoms with Crippen molar-refractivity contribution in [2.24, 2.45) is 0 Å². The molecule has 0 aliphatic carbocycles. The second-order valence-electron chi connectivity index (χ2n) is 5.00. The molecular weight excluding hydrogens is 382 g/mol. The standard InChI is InChI=1S/C15H12BrN3O5/c1-9(10-3-2-4-12(16)5-10)17-15(20)11-6-13(18(21)22)8-14(7-11)19(23)24/h2-9H,1H3,(H,17,20). The minimum atomic E-state index is -0.776. The number of benzene rings is 2. The van der Waals surface area contributed by atoms with Crippen LogP contribution in [-0.2, 0) is 0 Å². The molecule has 1 atom stereocenters. The summed E-state index contributed by atoms with van der Waals surface area (Å²) < 4.78 is 0.840. The largest absolute Gasteiger partial charge is 0.346 e. The van der Waals surface area contributed by atoms with Crippen LogP contribution in [0, 0.1) is 20.2 Å². The number of amides is 1. The topological polar surface area (TPSA) is 115 Å². The molecule has 0 saturated carbocycles. The van der Waals surface area contributed by atoms with E-state index in [-0.39, 0.29) is 11.6 Å². The molecule has 0 radical (unpaired) electrons. The van der Waals surface area contributed by atoms with Gasteiger partial charge in [0.05, 0.1) is 27.5 Å². The van der Waals surface area contributed by atoms with E-state index >= 15 is 0 Å². The summed E-state index contributed by atoms with van der Waals surface area (Å²) in [5.74, 6) is -0.630. The zero-order chi connectivity index (χ0) is 17.9. The number of nitrogens with one attached hydrogen (secondary N) is 1. The minimum absolute atomic E-state index is 0.141. The highest BCUT2D eigenvalue weighted by molar-refractivity contribution is 9.10. The normalized spacial score (nSPS) is 11.6. The first-order chi connectivity index (χ1) is 11.3. The number of non-ortho nitro benzene ring substituents is 2. The van der Waals surface area contributed by atoms with E-state index in [2.05, 4.69) is 21.2 Å². The van der Waals surface area contributed by atoms with Crippen molar-refractivity contribution in [3.05, 3.63) is 78.3 Å². The van der Waals surface area contributed by atoms with Crippen molar-refractivity contribution in [2.75, 3.05) is 0 Å². The van der Waals surface area contributed by atoms with Gasteiger partial charge in [0.25, 0.3) is 17.3 Å². The number of carbonyl (C=O) groups is 1. The van der Waals surface area contributed by atoms with Crippen molar-refractivity contribution in [2.45, 2.75) is 13.0 Å². The number of hydrogen-bond donors (Lipinski definition) is 1. The first-order valence-electron chi connectivity index (χ1n) is 6.78. The maximum absolute atomic E-state index is 12.3. The number of carbonyl (C=O) groups excluding carboxylic acids is 1. The molecule has 1 unspecified atom stereocenters. The Morgan fingerprint density at radius 3 is 2.17 bits per heavy atom. The SMILES string of the molecule is CC(NC(=O)c1cc([N+](=O)[O-])cc([N+](=O)[O-])c1)c1cccc(Br)c1. The van der Waals surface area contributed by atoms with Crippen LogP contribution in [0.25, 0.3) is 0 Å². The lowest BCUT2D eigenvalue weighted by molar-refractivity contribution is -0.394. The Kier molecular flexibility index (Phi) is 5.24. The van der Waals surface area contributed by atoms with Crippen LogP contribution in [-0.4, -0.2) is 15.8 Å². The minimum Gasteiger partial charge on any atom is -0.346 e. The van der Waals surface area contributed by atoms with Crippen LogP contribution in [0.2, 0.25) is 0 Å². The number of nitro benzene ring substituents is 2. The third-order valence-corrected chi connectivity index (χ3v) is 3.78. The molecular formula is C15H12BrN3O5. The van der Waals surface area contributed by atoms with Crippen molar-refractivity contribution in [1.82, 2.24) is 5.32 Å². The summed E-state index contributed by atoms with van der Waals surface area (Å²) in [6.07, 6.45) is 0. The molecule has 24 heavy (non-hydrogen) atoms. The molecule has 8 nitrogen and oxygen atoms in total. The average molecular weight is 394 g/mol. The van der Waals surface area contributed by atoms with E-state index in [0.29, 0.717) is 0 Å². The Morgan fingerprint density at radius 2 is 1.67 bits per heavy atom. The van der Waals surface area contributed by atoms with E-state index in [9.17, 15) is 25.0 Å². The Labute approximate surface area is 144 Å². The van der Waals surface area contributed by atoms with Gasteiger partial charge in [-0.05, 0) is 24.6 Å². The Bertz CT molecular complexity index is 792. The first-order valence-corrected chi connectivity index (χ1v) is 7.57. The molecule has 0 aliphatic rings. The highest BCUT2D eigenvalue weighted by Crippen LogP contribution is 2.24. The van der Waals surface area contributed by atoms with Gasteiger partial charge in [-0.2, -0.15) is 0 Å². The maximum Gasteiger partial charge on any atom is 0.277 e. The van der Waals surface area contributed by atoms with Gasteiger partial charge in [0.15, 0.2) is 0 Å². The van der Waals surface area contributed by atoms with E-state index in [1.807, 2.05) is 18.2 Å². The van der Waals surface area contributed by atoms with Gasteiger partial charge >= 0.3 is 0 Å². The summed E-state index contributed by atoms with van der Waals surface area (Å²) in [5.41, 5.74) is -0.343. The van der Waals surface area contributed by atoms with Crippen molar-refractivity contribution < 1.29 is 14.6 Å². The number of halogens is 1. The lowest BCUT2D eigenvalue weighted by Gasteiger charge is -2.14. The predicted octanol–water partition coefficient (Wildman–Crippen LogP) is 3.76. The van der Waals surface area contributed by atoms with Crippen LogP contribution < -0.4 is 5.32 Å². The van der Waals surface area contributed by atoms with Crippen LogP contribution in [0.1, 0.15) is 28.9 Å². The predicted molar refractivity (Wildman–Crippen MR) is 89.8 cm³/mol. The van der Waals surface area contributed by atoms with Crippen molar-refractivity contribution in [1.29, 1.82) is 0 Å². The third kappa shape index (κ3) is 4.13. The van der Waals surface area contributed by atoms with E-state index < -0.39 is 27.1 Å². The first kappa shape index (κ1) is 17.5. The van der Waals surface area contributed by atoms with Crippen molar-refractivity contribution >= 4 is 33.2 Å². The van der Waals surface area contributed by atoms with Gasteiger partial charge in [0.1, 0.15) is 0 Å². The molecule has 0 heterocycles. The van der Waals surface area contributed by atoms with Crippen LogP contribution in [0.4, 0.5) is 11.4 Å². The summed E-state index contributed by atoms with van der Waals surface area (Å²) in [7, 11) is 0. The zero-order valence-corrected chi connectivity index (χ0v) is 14.0. The molecule has 0 bridgehead atoms. The highest BCUT2D eigenvalue weighted by atomic mass is 79.9. The van der Waals surface area contributed by atoms with E-state index in [0.717, 1.165) is 28.2 Å². The summed E-state index contributed by atoms with van der Waals surface area (Å²) in [6.45, 7) is 1.74. The summed E-state index contributed by atoms with van der Waals surface area (Å²) in [4.78, 5) is 32.5. The molecule has 0 spiro atoms. The number of nitro groups is 2. The molecule has 124 valence electrons. The molecule has 0 aliphatic heterocycles. The summed E-state index contributed by atoms with van der Waals surface area (Å²) >= 11 is 3.33.